The number of hydrogen-bond acceptors (Lipinski definition) is 8. The number of benzene rings is 1. The van der Waals surface area contributed by atoms with Gasteiger partial charge >= 0.3 is 6.18 Å². The van der Waals surface area contributed by atoms with Crippen LogP contribution in [0.3, 0.4) is 0 Å². The van der Waals surface area contributed by atoms with Gasteiger partial charge in [0.25, 0.3) is 0 Å². The number of para-hydroxylation sites is 1. The first kappa shape index (κ1) is 32.2. The molecule has 4 heterocycles. The number of anilines is 3. The molecule has 0 spiro atoms. The Kier molecular flexibility index (Phi) is 9.70. The molecule has 2 saturated heterocycles. The van der Waals surface area contributed by atoms with E-state index >= 15 is 0 Å². The highest BCUT2D eigenvalue weighted by Crippen LogP contribution is 2.36. The largest absolute Gasteiger partial charge is 0.426 e. The second kappa shape index (κ2) is 13.3. The summed E-state index contributed by atoms with van der Waals surface area (Å²) in [5.41, 5.74) is 1.35. The van der Waals surface area contributed by atoms with Gasteiger partial charge in [-0.25, -0.2) is 4.98 Å². The summed E-state index contributed by atoms with van der Waals surface area (Å²) in [4.78, 5) is 47.3. The number of carbonyl (C=O) groups is 3. The molecule has 1 aromatic carbocycles. The Balaban J connectivity index is 0.000000479. The molecule has 2 aliphatic heterocycles. The molecular formula is C30H34F3N7O4. The van der Waals surface area contributed by atoms with Gasteiger partial charge in [0.2, 0.25) is 30.0 Å². The number of likely N-dealkylation sites (N-methyl/N-ethyl adjacent to an activating group) is 1. The second-order valence-corrected chi connectivity index (χ2v) is 10.6. The molecule has 0 aliphatic carbocycles. The van der Waals surface area contributed by atoms with Crippen LogP contribution in [-0.2, 0) is 27.1 Å². The Morgan fingerprint density at radius 3 is 2.48 bits per heavy atom. The van der Waals surface area contributed by atoms with E-state index < -0.39 is 29.6 Å². The predicted molar refractivity (Wildman–Crippen MR) is 157 cm³/mol. The lowest BCUT2D eigenvalue weighted by molar-refractivity contribution is -0.137. The molecule has 3 aromatic rings. The summed E-state index contributed by atoms with van der Waals surface area (Å²) in [7, 11) is 3.39. The Labute approximate surface area is 252 Å². The number of amides is 3. The maximum Gasteiger partial charge on any atom is 0.416 e. The first-order chi connectivity index (χ1) is 20.8. The number of pyridine rings is 1. The molecule has 2 aliphatic rings. The smallest absolute Gasteiger partial charge is 0.416 e. The number of hydrogen-bond donors (Lipinski definition) is 0. The van der Waals surface area contributed by atoms with Crippen LogP contribution in [0.4, 0.5) is 30.4 Å². The summed E-state index contributed by atoms with van der Waals surface area (Å²) >= 11 is 0. The Morgan fingerprint density at radius 2 is 1.91 bits per heavy atom. The van der Waals surface area contributed by atoms with Gasteiger partial charge in [-0.1, -0.05) is 18.7 Å². The standard InChI is InChI=1S/C24H25F3N6O3.C6H9NO/c1-14-6-5-7-17(22(14)31(3)12-20-30-28-13-36-20)32(4)23(35)18-8-9-21(34)33(18)19-11-16(24(25,26)27)10-15(2)29-19;1-2-6(8)7-4-3-5-7/h5-7,10-11,13,18H,8-9,12H2,1-4H3;2H,1,3-5H2. The number of nitrogens with zero attached hydrogens (tertiary/aromatic N) is 7. The molecule has 0 saturated carbocycles. The molecular weight excluding hydrogens is 579 g/mol. The van der Waals surface area contributed by atoms with Crippen LogP contribution < -0.4 is 14.7 Å². The lowest BCUT2D eigenvalue weighted by Crippen LogP contribution is -2.46. The Bertz CT molecular complexity index is 1520. The minimum Gasteiger partial charge on any atom is -0.426 e. The molecule has 2 aromatic heterocycles. The zero-order chi connectivity index (χ0) is 32.2. The van der Waals surface area contributed by atoms with Gasteiger partial charge in [-0.05, 0) is 56.5 Å². The molecule has 2 fully saturated rings. The number of alkyl halides is 3. The molecule has 0 N–H and O–H groups in total. The quantitative estimate of drug-likeness (QED) is 0.363. The molecule has 11 nitrogen and oxygen atoms in total. The van der Waals surface area contributed by atoms with E-state index in [1.165, 1.54) is 24.3 Å². The van der Waals surface area contributed by atoms with E-state index in [9.17, 15) is 27.6 Å². The SMILES string of the molecule is C=CC(=O)N1CCC1.Cc1cc(C(F)(F)F)cc(N2C(=O)CCC2C(=O)N(C)c2cccc(C)c2N(C)Cc2nnco2)n1. The van der Waals surface area contributed by atoms with Crippen LogP contribution >= 0.6 is 0 Å². The van der Waals surface area contributed by atoms with Crippen molar-refractivity contribution in [2.24, 2.45) is 0 Å². The summed E-state index contributed by atoms with van der Waals surface area (Å²) in [6, 6.07) is 6.18. The van der Waals surface area contributed by atoms with E-state index in [4.69, 9.17) is 4.42 Å². The number of aromatic nitrogens is 3. The van der Waals surface area contributed by atoms with Gasteiger partial charge in [0, 0.05) is 39.3 Å². The van der Waals surface area contributed by atoms with Gasteiger partial charge in [0.05, 0.1) is 23.5 Å². The topological polar surface area (TPSA) is 116 Å². The predicted octanol–water partition coefficient (Wildman–Crippen LogP) is 4.30. The highest BCUT2D eigenvalue weighted by Gasteiger charge is 2.41. The lowest BCUT2D eigenvalue weighted by Gasteiger charge is -2.31. The normalized spacial score (nSPS) is 16.2. The monoisotopic (exact) mass is 613 g/mol. The average Bonchev–Trinajstić information content (AvgIpc) is 3.60. The average molecular weight is 614 g/mol. The van der Waals surface area contributed by atoms with Crippen molar-refractivity contribution < 1.29 is 32.0 Å². The van der Waals surface area contributed by atoms with Crippen molar-refractivity contribution in [3.8, 4) is 0 Å². The summed E-state index contributed by atoms with van der Waals surface area (Å²) in [5.74, 6) is -0.619. The minimum absolute atomic E-state index is 0.0267. The maximum absolute atomic E-state index is 13.7. The third kappa shape index (κ3) is 7.06. The molecule has 3 amide bonds. The van der Waals surface area contributed by atoms with Crippen molar-refractivity contribution in [1.82, 2.24) is 20.1 Å². The molecule has 14 heteroatoms. The molecule has 44 heavy (non-hydrogen) atoms. The van der Waals surface area contributed by atoms with Gasteiger partial charge in [-0.2, -0.15) is 13.2 Å². The number of halogens is 3. The summed E-state index contributed by atoms with van der Waals surface area (Å²) in [6.45, 7) is 8.82. The van der Waals surface area contributed by atoms with Crippen LogP contribution in [0.25, 0.3) is 0 Å². The molecule has 0 radical (unpaired) electrons. The van der Waals surface area contributed by atoms with Crippen molar-refractivity contribution in [1.29, 1.82) is 0 Å². The van der Waals surface area contributed by atoms with Crippen LogP contribution in [0.5, 0.6) is 0 Å². The number of carbonyl (C=O) groups excluding carboxylic acids is 3. The van der Waals surface area contributed by atoms with Crippen molar-refractivity contribution in [2.45, 2.75) is 51.9 Å². The summed E-state index contributed by atoms with van der Waals surface area (Å²) in [6.07, 6.45) is -0.677. The fraction of sp³-hybridized carbons (Fsp3) is 0.400. The number of likely N-dealkylation sites (tertiary alicyclic amines) is 1. The molecule has 1 atom stereocenters. The molecule has 234 valence electrons. The van der Waals surface area contributed by atoms with Gasteiger partial charge in [0.1, 0.15) is 11.9 Å². The summed E-state index contributed by atoms with van der Waals surface area (Å²) in [5, 5.41) is 7.58. The highest BCUT2D eigenvalue weighted by molar-refractivity contribution is 6.09. The highest BCUT2D eigenvalue weighted by atomic mass is 19.4. The van der Waals surface area contributed by atoms with Gasteiger partial charge in [-0.3, -0.25) is 19.3 Å². The van der Waals surface area contributed by atoms with Crippen LogP contribution in [-0.4, -0.2) is 71.0 Å². The third-order valence-corrected chi connectivity index (χ3v) is 7.42. The van der Waals surface area contributed by atoms with Crippen LogP contribution in [0.1, 0.15) is 42.0 Å². The van der Waals surface area contributed by atoms with Crippen LogP contribution in [0, 0.1) is 13.8 Å². The number of rotatable bonds is 7. The van der Waals surface area contributed by atoms with Crippen molar-refractivity contribution in [2.75, 3.05) is 41.9 Å². The second-order valence-electron chi connectivity index (χ2n) is 10.6. The Morgan fingerprint density at radius 1 is 1.18 bits per heavy atom. The molecule has 5 rings (SSSR count). The van der Waals surface area contributed by atoms with Gasteiger partial charge in [-0.15, -0.1) is 10.2 Å². The van der Waals surface area contributed by atoms with Crippen molar-refractivity contribution >= 4 is 34.9 Å². The zero-order valence-corrected chi connectivity index (χ0v) is 25.0. The van der Waals surface area contributed by atoms with Crippen LogP contribution in [0.15, 0.2) is 53.8 Å². The van der Waals surface area contributed by atoms with E-state index in [2.05, 4.69) is 21.8 Å². The number of aryl methyl sites for hydroxylation is 2. The summed E-state index contributed by atoms with van der Waals surface area (Å²) < 4.78 is 45.5. The zero-order valence-electron chi connectivity index (χ0n) is 25.0. The van der Waals surface area contributed by atoms with Gasteiger partial charge in [0.15, 0.2) is 0 Å². The first-order valence-corrected chi connectivity index (χ1v) is 13.9. The van der Waals surface area contributed by atoms with Crippen molar-refractivity contribution in [3.63, 3.8) is 0 Å². The Hall–Kier alpha value is -4.75. The van der Waals surface area contributed by atoms with E-state index in [1.54, 1.807) is 24.1 Å². The van der Waals surface area contributed by atoms with E-state index in [0.29, 0.717) is 18.1 Å². The first-order valence-electron chi connectivity index (χ1n) is 13.9. The molecule has 1 unspecified atom stereocenters. The van der Waals surface area contributed by atoms with Crippen molar-refractivity contribution in [3.05, 3.63) is 72.1 Å². The third-order valence-electron chi connectivity index (χ3n) is 7.42. The lowest BCUT2D eigenvalue weighted by atomic mass is 10.1. The van der Waals surface area contributed by atoms with Gasteiger partial charge < -0.3 is 19.1 Å². The fourth-order valence-corrected chi connectivity index (χ4v) is 5.11. The van der Waals surface area contributed by atoms with E-state index in [-0.39, 0.29) is 30.3 Å². The minimum atomic E-state index is -4.61. The van der Waals surface area contributed by atoms with E-state index in [0.717, 1.165) is 47.8 Å². The van der Waals surface area contributed by atoms with Crippen LogP contribution in [0.2, 0.25) is 0 Å². The molecule has 0 bridgehead atoms. The maximum atomic E-state index is 13.7. The fourth-order valence-electron chi connectivity index (χ4n) is 5.11. The van der Waals surface area contributed by atoms with E-state index in [1.807, 2.05) is 24.9 Å².